The molecule has 0 bridgehead atoms. The highest BCUT2D eigenvalue weighted by molar-refractivity contribution is 7.89. The largest absolute Gasteiger partial charge is 0.354 e. The number of nitrogens with zero attached hydrogens (tertiary/aromatic N) is 1. The summed E-state index contributed by atoms with van der Waals surface area (Å²) in [5, 5.41) is 8.51. The van der Waals surface area contributed by atoms with E-state index in [2.05, 4.69) is 5.16 Å². The van der Waals surface area contributed by atoms with Crippen LogP contribution in [0.2, 0.25) is 0 Å². The number of sulfonamides is 1. The highest BCUT2D eigenvalue weighted by atomic mass is 32.2. The lowest BCUT2D eigenvalue weighted by Gasteiger charge is -2.08. The van der Waals surface area contributed by atoms with Gasteiger partial charge in [-0.2, -0.15) is 0 Å². The first-order valence-electron chi connectivity index (χ1n) is 7.46. The van der Waals surface area contributed by atoms with Crippen molar-refractivity contribution < 1.29 is 30.5 Å². The van der Waals surface area contributed by atoms with Crippen LogP contribution in [-0.4, -0.2) is 13.6 Å². The first-order valence-corrected chi connectivity index (χ1v) is 9.01. The van der Waals surface area contributed by atoms with E-state index < -0.39 is 38.7 Å². The average molecular weight is 400 g/mol. The number of halogens is 4. The molecule has 0 atom stereocenters. The van der Waals surface area contributed by atoms with E-state index in [1.54, 1.807) is 0 Å². The minimum absolute atomic E-state index is 0.0591. The molecular weight excluding hydrogens is 388 g/mol. The second kappa shape index (κ2) is 6.78. The van der Waals surface area contributed by atoms with Crippen LogP contribution in [0.15, 0.2) is 45.8 Å². The summed E-state index contributed by atoms with van der Waals surface area (Å²) >= 11 is 0. The molecule has 0 saturated heterocycles. The molecule has 2 aromatic carbocycles. The molecule has 0 aliphatic heterocycles. The zero-order valence-corrected chi connectivity index (χ0v) is 14.5. The van der Waals surface area contributed by atoms with Crippen molar-refractivity contribution >= 4 is 10.0 Å². The minimum atomic E-state index is -4.32. The first kappa shape index (κ1) is 19.1. The molecule has 1 heterocycles. The fourth-order valence-electron chi connectivity index (χ4n) is 2.61. The third-order valence-corrected chi connectivity index (χ3v) is 4.82. The van der Waals surface area contributed by atoms with Gasteiger partial charge in [-0.05, 0) is 48.4 Å². The number of alkyl halides is 2. The van der Waals surface area contributed by atoms with Crippen LogP contribution in [0.25, 0.3) is 22.4 Å². The Labute approximate surface area is 151 Å². The molecule has 0 saturated carbocycles. The second-order valence-corrected chi connectivity index (χ2v) is 7.26. The lowest BCUT2D eigenvalue weighted by Crippen LogP contribution is -2.14. The molecule has 0 fully saturated rings. The van der Waals surface area contributed by atoms with Crippen molar-refractivity contribution in [2.45, 2.75) is 18.2 Å². The third kappa shape index (κ3) is 3.58. The minimum Gasteiger partial charge on any atom is -0.354 e. The molecule has 0 unspecified atom stereocenters. The molecule has 0 spiro atoms. The molecule has 5 nitrogen and oxygen atoms in total. The van der Waals surface area contributed by atoms with E-state index in [1.165, 1.54) is 19.1 Å². The highest BCUT2D eigenvalue weighted by Crippen LogP contribution is 2.40. The fraction of sp³-hybridized carbons (Fsp3) is 0.118. The zero-order valence-electron chi connectivity index (χ0n) is 13.7. The SMILES string of the molecule is Cc1cc(-c2noc(C(F)F)c2-c2ccc(S(N)(=O)=O)c(F)c2)ccc1F. The summed E-state index contributed by atoms with van der Waals surface area (Å²) in [7, 11) is -4.32. The molecule has 2 N–H and O–H groups in total. The molecule has 0 radical (unpaired) electrons. The van der Waals surface area contributed by atoms with Gasteiger partial charge in [0, 0.05) is 5.56 Å². The van der Waals surface area contributed by atoms with Crippen LogP contribution < -0.4 is 5.14 Å². The Kier molecular flexibility index (Phi) is 4.79. The predicted octanol–water partition coefficient (Wildman–Crippen LogP) is 4.18. The molecule has 0 aliphatic rings. The van der Waals surface area contributed by atoms with E-state index in [-0.39, 0.29) is 27.9 Å². The van der Waals surface area contributed by atoms with Crippen molar-refractivity contribution in [2.24, 2.45) is 5.14 Å². The van der Waals surface area contributed by atoms with Crippen LogP contribution in [0.1, 0.15) is 17.7 Å². The van der Waals surface area contributed by atoms with E-state index in [0.717, 1.165) is 24.3 Å². The monoisotopic (exact) mass is 400 g/mol. The molecule has 142 valence electrons. The number of primary sulfonamides is 1. The molecule has 3 aromatic rings. The van der Waals surface area contributed by atoms with Gasteiger partial charge in [-0.3, -0.25) is 0 Å². The molecule has 0 amide bonds. The Bertz CT molecular complexity index is 1130. The van der Waals surface area contributed by atoms with Gasteiger partial charge in [0.1, 0.15) is 22.2 Å². The second-order valence-electron chi connectivity index (χ2n) is 5.73. The Morgan fingerprint density at radius 1 is 1.04 bits per heavy atom. The molecular formula is C17H12F4N2O3S. The first-order chi connectivity index (χ1) is 12.6. The van der Waals surface area contributed by atoms with E-state index >= 15 is 0 Å². The third-order valence-electron chi connectivity index (χ3n) is 3.88. The van der Waals surface area contributed by atoms with Gasteiger partial charge in [0.25, 0.3) is 6.43 Å². The molecule has 3 rings (SSSR count). The summed E-state index contributed by atoms with van der Waals surface area (Å²) in [6.07, 6.45) is -3.07. The van der Waals surface area contributed by atoms with Gasteiger partial charge in [0.2, 0.25) is 15.8 Å². The number of hydrogen-bond donors (Lipinski definition) is 1. The Morgan fingerprint density at radius 3 is 2.26 bits per heavy atom. The van der Waals surface area contributed by atoms with Crippen LogP contribution in [-0.2, 0) is 10.0 Å². The quantitative estimate of drug-likeness (QED) is 0.666. The Morgan fingerprint density at radius 2 is 1.70 bits per heavy atom. The number of aryl methyl sites for hydroxylation is 1. The summed E-state index contributed by atoms with van der Waals surface area (Å²) in [4.78, 5) is -0.777. The molecule has 1 aromatic heterocycles. The van der Waals surface area contributed by atoms with Crippen LogP contribution in [0.3, 0.4) is 0 Å². The summed E-state index contributed by atoms with van der Waals surface area (Å²) in [5.74, 6) is -2.53. The summed E-state index contributed by atoms with van der Waals surface area (Å²) < 4.78 is 81.8. The highest BCUT2D eigenvalue weighted by Gasteiger charge is 2.27. The van der Waals surface area contributed by atoms with Crippen molar-refractivity contribution in [1.82, 2.24) is 5.16 Å². The molecule has 0 aliphatic carbocycles. The number of aromatic nitrogens is 1. The van der Waals surface area contributed by atoms with E-state index in [4.69, 9.17) is 9.66 Å². The number of rotatable bonds is 4. The standard InChI is InChI=1S/C17H12F4N2O3S/c1-8-6-10(2-4-11(8)18)15-14(16(17(20)21)26-23-15)9-3-5-13(12(19)7-9)27(22,24)25/h2-7,17H,1H3,(H2,22,24,25). The maximum atomic E-state index is 14.2. The average Bonchev–Trinajstić information content (AvgIpc) is 3.01. The van der Waals surface area contributed by atoms with Crippen LogP contribution in [0.5, 0.6) is 0 Å². The van der Waals surface area contributed by atoms with Crippen molar-refractivity contribution in [2.75, 3.05) is 0 Å². The summed E-state index contributed by atoms with van der Waals surface area (Å²) in [5.41, 5.74) is 0.145. The maximum absolute atomic E-state index is 14.2. The van der Waals surface area contributed by atoms with Gasteiger partial charge in [0.05, 0.1) is 5.56 Å². The van der Waals surface area contributed by atoms with Gasteiger partial charge in [-0.1, -0.05) is 11.2 Å². The van der Waals surface area contributed by atoms with Crippen molar-refractivity contribution in [3.63, 3.8) is 0 Å². The lowest BCUT2D eigenvalue weighted by atomic mass is 9.98. The molecule has 10 heteroatoms. The Balaban J connectivity index is 2.24. The van der Waals surface area contributed by atoms with Gasteiger partial charge in [-0.15, -0.1) is 0 Å². The zero-order chi connectivity index (χ0) is 19.9. The van der Waals surface area contributed by atoms with Gasteiger partial charge in [-0.25, -0.2) is 31.1 Å². The normalized spacial score (nSPS) is 12.0. The van der Waals surface area contributed by atoms with Crippen molar-refractivity contribution in [1.29, 1.82) is 0 Å². The number of benzene rings is 2. The number of nitrogens with two attached hydrogens (primary N) is 1. The topological polar surface area (TPSA) is 86.2 Å². The van der Waals surface area contributed by atoms with E-state index in [0.29, 0.717) is 0 Å². The predicted molar refractivity (Wildman–Crippen MR) is 88.4 cm³/mol. The van der Waals surface area contributed by atoms with Gasteiger partial charge in [0.15, 0.2) is 0 Å². The molecule has 27 heavy (non-hydrogen) atoms. The van der Waals surface area contributed by atoms with Crippen LogP contribution in [0.4, 0.5) is 17.6 Å². The van der Waals surface area contributed by atoms with Gasteiger partial charge >= 0.3 is 0 Å². The van der Waals surface area contributed by atoms with Crippen LogP contribution in [0, 0.1) is 18.6 Å². The van der Waals surface area contributed by atoms with Crippen molar-refractivity contribution in [3.05, 3.63) is 59.4 Å². The summed E-state index contributed by atoms with van der Waals surface area (Å²) in [6.45, 7) is 1.48. The van der Waals surface area contributed by atoms with E-state index in [1.807, 2.05) is 0 Å². The Hall–Kier alpha value is -2.72. The smallest absolute Gasteiger partial charge is 0.298 e. The number of hydrogen-bond acceptors (Lipinski definition) is 4. The maximum Gasteiger partial charge on any atom is 0.298 e. The summed E-state index contributed by atoms with van der Waals surface area (Å²) in [6, 6.07) is 6.55. The van der Waals surface area contributed by atoms with E-state index in [9.17, 15) is 26.0 Å². The lowest BCUT2D eigenvalue weighted by molar-refractivity contribution is 0.113. The van der Waals surface area contributed by atoms with Gasteiger partial charge < -0.3 is 4.52 Å². The fourth-order valence-corrected chi connectivity index (χ4v) is 3.20. The van der Waals surface area contributed by atoms with Crippen LogP contribution >= 0.6 is 0 Å². The van der Waals surface area contributed by atoms with Crippen molar-refractivity contribution in [3.8, 4) is 22.4 Å².